The molecule has 3 amide bonds. The number of urea groups is 1. The second-order valence-electron chi connectivity index (χ2n) is 5.63. The molecule has 2 fully saturated rings. The standard InChI is InChI=1S/C14H25N3O4/c1-20-14(19)17-6-4-11(5-7-17)9-15-13(18)16-10-12-3-2-8-21-12/h11-12H,2-10H2,1H3,(H2,15,16,18). The third-order valence-electron chi connectivity index (χ3n) is 4.11. The van der Waals surface area contributed by atoms with Gasteiger partial charge in [0.05, 0.1) is 13.2 Å². The van der Waals surface area contributed by atoms with Gasteiger partial charge in [0.1, 0.15) is 0 Å². The Balaban J connectivity index is 1.56. The lowest BCUT2D eigenvalue weighted by Gasteiger charge is -2.30. The number of nitrogens with zero attached hydrogens (tertiary/aromatic N) is 1. The van der Waals surface area contributed by atoms with Crippen molar-refractivity contribution in [2.75, 3.05) is 39.9 Å². The van der Waals surface area contributed by atoms with Crippen LogP contribution in [0.5, 0.6) is 0 Å². The summed E-state index contributed by atoms with van der Waals surface area (Å²) in [6.07, 6.45) is 3.77. The van der Waals surface area contributed by atoms with Gasteiger partial charge in [0.2, 0.25) is 0 Å². The van der Waals surface area contributed by atoms with Crippen LogP contribution in [0, 0.1) is 5.92 Å². The van der Waals surface area contributed by atoms with Gasteiger partial charge in [-0.05, 0) is 31.6 Å². The molecule has 0 aromatic carbocycles. The predicted octanol–water partition coefficient (Wildman–Crippen LogP) is 0.943. The summed E-state index contributed by atoms with van der Waals surface area (Å²) in [5.41, 5.74) is 0. The van der Waals surface area contributed by atoms with Gasteiger partial charge in [0.25, 0.3) is 0 Å². The lowest BCUT2D eigenvalue weighted by molar-refractivity contribution is 0.105. The number of ether oxygens (including phenoxy) is 2. The zero-order valence-electron chi connectivity index (χ0n) is 12.6. The average molecular weight is 299 g/mol. The van der Waals surface area contributed by atoms with Crippen LogP contribution in [0.2, 0.25) is 0 Å². The Labute approximate surface area is 125 Å². The second-order valence-corrected chi connectivity index (χ2v) is 5.63. The van der Waals surface area contributed by atoms with E-state index in [4.69, 9.17) is 9.47 Å². The van der Waals surface area contributed by atoms with Gasteiger partial charge in [-0.15, -0.1) is 0 Å². The third-order valence-corrected chi connectivity index (χ3v) is 4.11. The summed E-state index contributed by atoms with van der Waals surface area (Å²) in [6.45, 7) is 3.40. The van der Waals surface area contributed by atoms with E-state index in [1.54, 1.807) is 4.90 Å². The number of methoxy groups -OCH3 is 1. The molecule has 2 aliphatic rings. The third kappa shape index (κ3) is 5.08. The molecule has 120 valence electrons. The monoisotopic (exact) mass is 299 g/mol. The number of hydrogen-bond acceptors (Lipinski definition) is 4. The van der Waals surface area contributed by atoms with Crippen LogP contribution in [0.4, 0.5) is 9.59 Å². The molecular weight excluding hydrogens is 274 g/mol. The first-order valence-electron chi connectivity index (χ1n) is 7.65. The zero-order valence-corrected chi connectivity index (χ0v) is 12.6. The molecule has 2 aliphatic heterocycles. The molecule has 0 spiro atoms. The molecular formula is C14H25N3O4. The predicted molar refractivity (Wildman–Crippen MR) is 77.1 cm³/mol. The maximum Gasteiger partial charge on any atom is 0.409 e. The van der Waals surface area contributed by atoms with E-state index in [-0.39, 0.29) is 18.2 Å². The van der Waals surface area contributed by atoms with Gasteiger partial charge in [0.15, 0.2) is 0 Å². The molecule has 0 aliphatic carbocycles. The quantitative estimate of drug-likeness (QED) is 0.810. The Morgan fingerprint density at radius 3 is 2.52 bits per heavy atom. The lowest BCUT2D eigenvalue weighted by atomic mass is 9.97. The van der Waals surface area contributed by atoms with Crippen LogP contribution in [0.15, 0.2) is 0 Å². The van der Waals surface area contributed by atoms with E-state index in [0.29, 0.717) is 32.1 Å². The lowest BCUT2D eigenvalue weighted by Crippen LogP contribution is -2.44. The minimum atomic E-state index is -0.268. The van der Waals surface area contributed by atoms with Gasteiger partial charge in [-0.1, -0.05) is 0 Å². The van der Waals surface area contributed by atoms with E-state index in [1.807, 2.05) is 0 Å². The summed E-state index contributed by atoms with van der Waals surface area (Å²) in [7, 11) is 1.40. The van der Waals surface area contributed by atoms with Gasteiger partial charge < -0.3 is 25.0 Å². The smallest absolute Gasteiger partial charge is 0.409 e. The number of hydrogen-bond donors (Lipinski definition) is 2. The highest BCUT2D eigenvalue weighted by Crippen LogP contribution is 2.16. The fourth-order valence-electron chi connectivity index (χ4n) is 2.76. The number of nitrogens with one attached hydrogen (secondary N) is 2. The van der Waals surface area contributed by atoms with Crippen molar-refractivity contribution < 1.29 is 19.1 Å². The highest BCUT2D eigenvalue weighted by atomic mass is 16.5. The molecule has 2 rings (SSSR count). The van der Waals surface area contributed by atoms with Crippen LogP contribution in [0.1, 0.15) is 25.7 Å². The van der Waals surface area contributed by atoms with Crippen molar-refractivity contribution in [2.24, 2.45) is 5.92 Å². The normalized spacial score (nSPS) is 22.9. The molecule has 7 heteroatoms. The van der Waals surface area contributed by atoms with Crippen molar-refractivity contribution in [3.8, 4) is 0 Å². The number of piperidine rings is 1. The van der Waals surface area contributed by atoms with Gasteiger partial charge in [-0.25, -0.2) is 9.59 Å². The second kappa shape index (κ2) is 8.07. The summed E-state index contributed by atoms with van der Waals surface area (Å²) < 4.78 is 10.2. The summed E-state index contributed by atoms with van der Waals surface area (Å²) in [5, 5.41) is 5.73. The number of rotatable bonds is 4. The topological polar surface area (TPSA) is 79.9 Å². The fraction of sp³-hybridized carbons (Fsp3) is 0.857. The van der Waals surface area contributed by atoms with E-state index in [9.17, 15) is 9.59 Å². The first-order valence-corrected chi connectivity index (χ1v) is 7.65. The van der Waals surface area contributed by atoms with E-state index >= 15 is 0 Å². The molecule has 7 nitrogen and oxygen atoms in total. The van der Waals surface area contributed by atoms with Crippen LogP contribution in [-0.2, 0) is 9.47 Å². The molecule has 2 heterocycles. The largest absolute Gasteiger partial charge is 0.453 e. The molecule has 0 aromatic heterocycles. The molecule has 0 radical (unpaired) electrons. The maximum atomic E-state index is 11.7. The van der Waals surface area contributed by atoms with Gasteiger partial charge in [-0.2, -0.15) is 0 Å². The van der Waals surface area contributed by atoms with Crippen molar-refractivity contribution in [1.29, 1.82) is 0 Å². The first kappa shape index (κ1) is 15.9. The molecule has 2 N–H and O–H groups in total. The van der Waals surface area contributed by atoms with Crippen LogP contribution in [-0.4, -0.2) is 63.0 Å². The number of carbonyl (C=O) groups excluding carboxylic acids is 2. The van der Waals surface area contributed by atoms with E-state index in [2.05, 4.69) is 10.6 Å². The van der Waals surface area contributed by atoms with E-state index in [1.165, 1.54) is 7.11 Å². The van der Waals surface area contributed by atoms with Crippen molar-refractivity contribution in [2.45, 2.75) is 31.8 Å². The minimum absolute atomic E-state index is 0.138. The van der Waals surface area contributed by atoms with E-state index in [0.717, 1.165) is 32.3 Å². The highest BCUT2D eigenvalue weighted by Gasteiger charge is 2.23. The summed E-state index contributed by atoms with van der Waals surface area (Å²) in [5.74, 6) is 0.416. The number of carbonyl (C=O) groups is 2. The molecule has 0 saturated carbocycles. The zero-order chi connectivity index (χ0) is 15.1. The number of amides is 3. The molecule has 0 aromatic rings. The molecule has 1 atom stereocenters. The van der Waals surface area contributed by atoms with Crippen LogP contribution >= 0.6 is 0 Å². The van der Waals surface area contributed by atoms with Crippen molar-refractivity contribution in [1.82, 2.24) is 15.5 Å². The first-order chi connectivity index (χ1) is 10.2. The van der Waals surface area contributed by atoms with Crippen LogP contribution in [0.3, 0.4) is 0 Å². The van der Waals surface area contributed by atoms with E-state index < -0.39 is 0 Å². The van der Waals surface area contributed by atoms with Gasteiger partial charge in [-0.3, -0.25) is 0 Å². The van der Waals surface area contributed by atoms with Crippen LogP contribution in [0.25, 0.3) is 0 Å². The Kier molecular flexibility index (Phi) is 6.10. The maximum absolute atomic E-state index is 11.7. The molecule has 0 bridgehead atoms. The summed E-state index contributed by atoms with van der Waals surface area (Å²) >= 11 is 0. The van der Waals surface area contributed by atoms with Gasteiger partial charge in [0, 0.05) is 32.8 Å². The fourth-order valence-corrected chi connectivity index (χ4v) is 2.76. The summed E-state index contributed by atoms with van der Waals surface area (Å²) in [4.78, 5) is 24.8. The van der Waals surface area contributed by atoms with Crippen molar-refractivity contribution in [3.63, 3.8) is 0 Å². The average Bonchev–Trinajstić information content (AvgIpc) is 3.04. The Bertz CT molecular complexity index is 350. The molecule has 21 heavy (non-hydrogen) atoms. The van der Waals surface area contributed by atoms with Gasteiger partial charge >= 0.3 is 12.1 Å². The minimum Gasteiger partial charge on any atom is -0.453 e. The summed E-state index contributed by atoms with van der Waals surface area (Å²) in [6, 6.07) is -0.138. The Morgan fingerprint density at radius 2 is 1.90 bits per heavy atom. The SMILES string of the molecule is COC(=O)N1CCC(CNC(=O)NCC2CCCO2)CC1. The van der Waals surface area contributed by atoms with Crippen LogP contribution < -0.4 is 10.6 Å². The Hall–Kier alpha value is -1.50. The number of likely N-dealkylation sites (tertiary alicyclic amines) is 1. The van der Waals surface area contributed by atoms with Crippen molar-refractivity contribution in [3.05, 3.63) is 0 Å². The molecule has 1 unspecified atom stereocenters. The van der Waals surface area contributed by atoms with Crippen molar-refractivity contribution >= 4 is 12.1 Å². The Morgan fingerprint density at radius 1 is 1.19 bits per heavy atom. The highest BCUT2D eigenvalue weighted by molar-refractivity contribution is 5.73. The molecule has 2 saturated heterocycles.